The maximum Gasteiger partial charge on any atom is 0.0642 e. The number of hydrogen-bond donors (Lipinski definition) is 1. The number of anilines is 1. The number of nitrogens with one attached hydrogen (secondary N) is 1. The lowest BCUT2D eigenvalue weighted by Gasteiger charge is -2.31. The molecule has 0 bridgehead atoms. The largest absolute Gasteiger partial charge is 0.368 e. The Labute approximate surface area is 122 Å². The van der Waals surface area contributed by atoms with Crippen LogP contribution in [0.3, 0.4) is 0 Å². The first-order valence-corrected chi connectivity index (χ1v) is 7.78. The molecule has 1 N–H and O–H groups in total. The molecule has 106 valence electrons. The number of benzene rings is 1. The van der Waals surface area contributed by atoms with E-state index < -0.39 is 0 Å². The SMILES string of the molecule is CCN(c1ccc(C(C)NC)cc1Cl)C1CCCC1. The second-order valence-electron chi connectivity index (χ2n) is 5.45. The van der Waals surface area contributed by atoms with E-state index in [9.17, 15) is 0 Å². The van der Waals surface area contributed by atoms with Crippen molar-refractivity contribution in [2.24, 2.45) is 0 Å². The Morgan fingerprint density at radius 1 is 1.37 bits per heavy atom. The van der Waals surface area contributed by atoms with Gasteiger partial charge in [0, 0.05) is 18.6 Å². The molecule has 1 fully saturated rings. The van der Waals surface area contributed by atoms with Gasteiger partial charge in [-0.15, -0.1) is 0 Å². The number of hydrogen-bond acceptors (Lipinski definition) is 2. The molecular weight excluding hydrogens is 256 g/mol. The minimum Gasteiger partial charge on any atom is -0.368 e. The normalized spacial score (nSPS) is 17.7. The van der Waals surface area contributed by atoms with Crippen molar-refractivity contribution in [3.05, 3.63) is 28.8 Å². The Bertz CT molecular complexity index is 413. The van der Waals surface area contributed by atoms with Crippen LogP contribution in [-0.2, 0) is 0 Å². The van der Waals surface area contributed by atoms with Gasteiger partial charge < -0.3 is 10.2 Å². The van der Waals surface area contributed by atoms with E-state index in [0.717, 1.165) is 11.6 Å². The molecular formula is C16H25ClN2. The summed E-state index contributed by atoms with van der Waals surface area (Å²) < 4.78 is 0. The highest BCUT2D eigenvalue weighted by Gasteiger charge is 2.23. The van der Waals surface area contributed by atoms with Gasteiger partial charge in [-0.25, -0.2) is 0 Å². The zero-order valence-corrected chi connectivity index (χ0v) is 13.0. The molecule has 3 heteroatoms. The third-order valence-corrected chi connectivity index (χ3v) is 4.62. The van der Waals surface area contributed by atoms with Gasteiger partial charge in [0.1, 0.15) is 0 Å². The summed E-state index contributed by atoms with van der Waals surface area (Å²) in [4.78, 5) is 2.48. The molecule has 0 heterocycles. The summed E-state index contributed by atoms with van der Waals surface area (Å²) in [5, 5.41) is 4.14. The van der Waals surface area contributed by atoms with Crippen molar-refractivity contribution in [1.82, 2.24) is 5.32 Å². The van der Waals surface area contributed by atoms with Gasteiger partial charge in [-0.3, -0.25) is 0 Å². The highest BCUT2D eigenvalue weighted by atomic mass is 35.5. The summed E-state index contributed by atoms with van der Waals surface area (Å²) >= 11 is 6.51. The third-order valence-electron chi connectivity index (χ3n) is 4.32. The zero-order chi connectivity index (χ0) is 13.8. The minimum atomic E-state index is 0.341. The first-order valence-electron chi connectivity index (χ1n) is 7.40. The molecule has 1 aliphatic carbocycles. The lowest BCUT2D eigenvalue weighted by molar-refractivity contribution is 0.619. The molecule has 1 aromatic carbocycles. The lowest BCUT2D eigenvalue weighted by Crippen LogP contribution is -2.33. The van der Waals surface area contributed by atoms with E-state index in [1.165, 1.54) is 36.9 Å². The molecule has 0 radical (unpaired) electrons. The second-order valence-corrected chi connectivity index (χ2v) is 5.85. The topological polar surface area (TPSA) is 15.3 Å². The van der Waals surface area contributed by atoms with Crippen molar-refractivity contribution in [1.29, 1.82) is 0 Å². The fourth-order valence-corrected chi connectivity index (χ4v) is 3.33. The van der Waals surface area contributed by atoms with E-state index in [0.29, 0.717) is 12.1 Å². The number of rotatable bonds is 5. The molecule has 1 atom stereocenters. The third kappa shape index (κ3) is 3.24. The molecule has 19 heavy (non-hydrogen) atoms. The van der Waals surface area contributed by atoms with Crippen molar-refractivity contribution in [3.63, 3.8) is 0 Å². The van der Waals surface area contributed by atoms with E-state index in [1.807, 2.05) is 7.05 Å². The average molecular weight is 281 g/mol. The molecule has 1 saturated carbocycles. The Hall–Kier alpha value is -0.730. The first kappa shape index (κ1) is 14.7. The summed E-state index contributed by atoms with van der Waals surface area (Å²) in [6, 6.07) is 7.51. The van der Waals surface area contributed by atoms with E-state index in [1.54, 1.807) is 0 Å². The Morgan fingerprint density at radius 3 is 2.58 bits per heavy atom. The molecule has 0 aromatic heterocycles. The van der Waals surface area contributed by atoms with Crippen LogP contribution in [0.2, 0.25) is 5.02 Å². The highest BCUT2D eigenvalue weighted by Crippen LogP contribution is 2.34. The zero-order valence-electron chi connectivity index (χ0n) is 12.2. The van der Waals surface area contributed by atoms with Crippen LogP contribution in [0.25, 0.3) is 0 Å². The molecule has 0 saturated heterocycles. The summed E-state index contributed by atoms with van der Waals surface area (Å²) in [7, 11) is 1.98. The van der Waals surface area contributed by atoms with Crippen molar-refractivity contribution < 1.29 is 0 Å². The second kappa shape index (κ2) is 6.62. The van der Waals surface area contributed by atoms with Crippen LogP contribution in [0.5, 0.6) is 0 Å². The van der Waals surface area contributed by atoms with E-state index in [2.05, 4.69) is 42.3 Å². The van der Waals surface area contributed by atoms with Crippen LogP contribution in [-0.4, -0.2) is 19.6 Å². The lowest BCUT2D eigenvalue weighted by atomic mass is 10.1. The molecule has 2 rings (SSSR count). The molecule has 1 aliphatic rings. The maximum absolute atomic E-state index is 6.51. The van der Waals surface area contributed by atoms with Gasteiger partial charge >= 0.3 is 0 Å². The van der Waals surface area contributed by atoms with Crippen LogP contribution in [0, 0.1) is 0 Å². The van der Waals surface area contributed by atoms with E-state index in [4.69, 9.17) is 11.6 Å². The van der Waals surface area contributed by atoms with Crippen LogP contribution < -0.4 is 10.2 Å². The maximum atomic E-state index is 6.51. The van der Waals surface area contributed by atoms with Gasteiger partial charge in [-0.2, -0.15) is 0 Å². The van der Waals surface area contributed by atoms with E-state index in [-0.39, 0.29) is 0 Å². The molecule has 1 aromatic rings. The fraction of sp³-hybridized carbons (Fsp3) is 0.625. The van der Waals surface area contributed by atoms with Gasteiger partial charge in [-0.05, 0) is 51.4 Å². The average Bonchev–Trinajstić information content (AvgIpc) is 2.94. The number of halogens is 1. The van der Waals surface area contributed by atoms with Crippen LogP contribution in [0.15, 0.2) is 18.2 Å². The Balaban J connectivity index is 2.23. The summed E-state index contributed by atoms with van der Waals surface area (Å²) in [5.74, 6) is 0. The van der Waals surface area contributed by atoms with E-state index >= 15 is 0 Å². The quantitative estimate of drug-likeness (QED) is 0.860. The van der Waals surface area contributed by atoms with Gasteiger partial charge in [-0.1, -0.05) is 30.5 Å². The van der Waals surface area contributed by atoms with Gasteiger partial charge in [0.05, 0.1) is 10.7 Å². The van der Waals surface area contributed by atoms with Crippen LogP contribution in [0.4, 0.5) is 5.69 Å². The van der Waals surface area contributed by atoms with Crippen molar-refractivity contribution in [2.75, 3.05) is 18.5 Å². The number of nitrogens with zero attached hydrogens (tertiary/aromatic N) is 1. The van der Waals surface area contributed by atoms with Crippen LogP contribution in [0.1, 0.15) is 51.1 Å². The first-order chi connectivity index (χ1) is 9.17. The van der Waals surface area contributed by atoms with Gasteiger partial charge in [0.2, 0.25) is 0 Å². The summed E-state index contributed by atoms with van der Waals surface area (Å²) in [6.07, 6.45) is 5.32. The standard InChI is InChI=1S/C16H25ClN2/c1-4-19(14-7-5-6-8-14)16-10-9-13(11-15(16)17)12(2)18-3/h9-12,14,18H,4-8H2,1-3H3. The molecule has 0 spiro atoms. The van der Waals surface area contributed by atoms with Crippen molar-refractivity contribution in [3.8, 4) is 0 Å². The van der Waals surface area contributed by atoms with Gasteiger partial charge in [0.15, 0.2) is 0 Å². The van der Waals surface area contributed by atoms with Crippen molar-refractivity contribution in [2.45, 2.75) is 51.6 Å². The fourth-order valence-electron chi connectivity index (χ4n) is 3.03. The predicted octanol–water partition coefficient (Wildman–Crippen LogP) is 4.39. The molecule has 1 unspecified atom stereocenters. The Morgan fingerprint density at radius 2 is 2.05 bits per heavy atom. The van der Waals surface area contributed by atoms with Crippen molar-refractivity contribution >= 4 is 17.3 Å². The smallest absolute Gasteiger partial charge is 0.0642 e. The van der Waals surface area contributed by atoms with Crippen LogP contribution >= 0.6 is 11.6 Å². The van der Waals surface area contributed by atoms with Gasteiger partial charge in [0.25, 0.3) is 0 Å². The minimum absolute atomic E-state index is 0.341. The predicted molar refractivity (Wildman–Crippen MR) is 84.2 cm³/mol. The molecule has 0 aliphatic heterocycles. The highest BCUT2D eigenvalue weighted by molar-refractivity contribution is 6.33. The summed E-state index contributed by atoms with van der Waals surface area (Å²) in [6.45, 7) is 5.41. The molecule has 2 nitrogen and oxygen atoms in total. The monoisotopic (exact) mass is 280 g/mol. The molecule has 0 amide bonds. The summed E-state index contributed by atoms with van der Waals surface area (Å²) in [5.41, 5.74) is 2.45. The Kier molecular flexibility index (Phi) is 5.12.